The van der Waals surface area contributed by atoms with Crippen LogP contribution in [0.2, 0.25) is 0 Å². The molecule has 1 aliphatic heterocycles. The molecule has 2 amide bonds. The first-order valence-corrected chi connectivity index (χ1v) is 10.7. The molecule has 2 aliphatic rings. The van der Waals surface area contributed by atoms with Crippen LogP contribution in [-0.2, 0) is 35.5 Å². The molecule has 6 nitrogen and oxygen atoms in total. The van der Waals surface area contributed by atoms with E-state index in [1.807, 2.05) is 12.1 Å². The van der Waals surface area contributed by atoms with E-state index in [4.69, 9.17) is 0 Å². The predicted molar refractivity (Wildman–Crippen MR) is 115 cm³/mol. The first-order chi connectivity index (χ1) is 14.7. The molecule has 1 saturated heterocycles. The highest BCUT2D eigenvalue weighted by molar-refractivity contribution is 5.89. The lowest BCUT2D eigenvalue weighted by Gasteiger charge is -2.16. The van der Waals surface area contributed by atoms with Crippen LogP contribution in [0, 0.1) is 5.92 Å². The first kappa shape index (κ1) is 18.9. The zero-order valence-corrected chi connectivity index (χ0v) is 17.0. The van der Waals surface area contributed by atoms with E-state index in [0.29, 0.717) is 19.6 Å². The van der Waals surface area contributed by atoms with E-state index in [9.17, 15) is 9.59 Å². The Morgan fingerprint density at radius 3 is 2.97 bits per heavy atom. The van der Waals surface area contributed by atoms with Gasteiger partial charge in [-0.15, -0.1) is 0 Å². The third-order valence-corrected chi connectivity index (χ3v) is 6.31. The highest BCUT2D eigenvalue weighted by Gasteiger charge is 2.34. The van der Waals surface area contributed by atoms with Crippen molar-refractivity contribution in [3.63, 3.8) is 0 Å². The molecule has 2 aromatic heterocycles. The lowest BCUT2D eigenvalue weighted by molar-refractivity contribution is -0.129. The van der Waals surface area contributed by atoms with Crippen molar-refractivity contribution in [2.24, 2.45) is 5.92 Å². The number of likely N-dealkylation sites (tertiary alicyclic amines) is 1. The van der Waals surface area contributed by atoms with Crippen LogP contribution in [0.3, 0.4) is 0 Å². The number of amides is 2. The molecule has 3 aromatic rings. The number of aromatic amines is 1. The number of rotatable bonds is 5. The minimum Gasteiger partial charge on any atom is -0.358 e. The molecule has 0 saturated carbocycles. The minimum absolute atomic E-state index is 0.0272. The zero-order valence-electron chi connectivity index (χ0n) is 17.0. The molecular formula is C24H26N4O2. The fourth-order valence-corrected chi connectivity index (χ4v) is 4.71. The summed E-state index contributed by atoms with van der Waals surface area (Å²) in [6.45, 7) is 1.46. The fourth-order valence-electron chi connectivity index (χ4n) is 4.71. The van der Waals surface area contributed by atoms with Crippen LogP contribution in [0.5, 0.6) is 0 Å². The van der Waals surface area contributed by atoms with Gasteiger partial charge in [-0.3, -0.25) is 14.6 Å². The molecule has 0 spiro atoms. The highest BCUT2D eigenvalue weighted by atomic mass is 16.2. The van der Waals surface area contributed by atoms with Gasteiger partial charge in [-0.2, -0.15) is 0 Å². The van der Waals surface area contributed by atoms with Crippen molar-refractivity contribution in [2.75, 3.05) is 6.54 Å². The summed E-state index contributed by atoms with van der Waals surface area (Å²) >= 11 is 0. The summed E-state index contributed by atoms with van der Waals surface area (Å²) in [7, 11) is 0. The van der Waals surface area contributed by atoms with E-state index >= 15 is 0 Å². The Labute approximate surface area is 175 Å². The Morgan fingerprint density at radius 2 is 2.10 bits per heavy atom. The monoisotopic (exact) mass is 402 g/mol. The summed E-state index contributed by atoms with van der Waals surface area (Å²) in [5.41, 5.74) is 6.08. The number of carbonyl (C=O) groups is 2. The first-order valence-electron chi connectivity index (χ1n) is 10.7. The standard InChI is InChI=1S/C24H26N4O2/c29-23-11-18(15-28(23)14-17-4-3-9-25-12-17)24(30)26-13-16-7-8-22-20(10-16)19-5-1-2-6-21(19)27-22/h3-4,7-10,12,18,27H,1-2,5-6,11,13-15H2,(H,26,30)/t18-/m1/s1. The molecule has 1 aliphatic carbocycles. The Morgan fingerprint density at radius 1 is 1.20 bits per heavy atom. The second-order valence-electron chi connectivity index (χ2n) is 8.42. The van der Waals surface area contributed by atoms with Crippen molar-refractivity contribution in [1.82, 2.24) is 20.2 Å². The van der Waals surface area contributed by atoms with E-state index in [1.165, 1.54) is 35.0 Å². The minimum atomic E-state index is -0.294. The number of nitrogens with zero attached hydrogens (tertiary/aromatic N) is 2. The van der Waals surface area contributed by atoms with Gasteiger partial charge in [0, 0.05) is 55.0 Å². The number of aryl methyl sites for hydroxylation is 2. The van der Waals surface area contributed by atoms with Gasteiger partial charge in [-0.1, -0.05) is 12.1 Å². The third kappa shape index (κ3) is 3.70. The summed E-state index contributed by atoms with van der Waals surface area (Å²) in [6, 6.07) is 10.2. The lowest BCUT2D eigenvalue weighted by atomic mass is 9.95. The summed E-state index contributed by atoms with van der Waals surface area (Å²) in [6.07, 6.45) is 8.50. The molecule has 0 radical (unpaired) electrons. The molecule has 1 fully saturated rings. The zero-order chi connectivity index (χ0) is 20.5. The molecule has 1 aromatic carbocycles. The molecule has 5 rings (SSSR count). The maximum absolute atomic E-state index is 12.7. The Bertz CT molecular complexity index is 1090. The van der Waals surface area contributed by atoms with E-state index in [0.717, 1.165) is 24.0 Å². The number of pyridine rings is 1. The Hall–Kier alpha value is -3.15. The maximum Gasteiger partial charge on any atom is 0.225 e. The number of aromatic nitrogens is 2. The molecule has 1 atom stereocenters. The third-order valence-electron chi connectivity index (χ3n) is 6.31. The van der Waals surface area contributed by atoms with Crippen LogP contribution in [0.1, 0.15) is 41.6 Å². The van der Waals surface area contributed by atoms with Crippen molar-refractivity contribution >= 4 is 22.7 Å². The summed E-state index contributed by atoms with van der Waals surface area (Å²) in [5, 5.41) is 4.33. The number of H-pyrrole nitrogens is 1. The number of nitrogens with one attached hydrogen (secondary N) is 2. The topological polar surface area (TPSA) is 78.1 Å². The van der Waals surface area contributed by atoms with Gasteiger partial charge < -0.3 is 15.2 Å². The van der Waals surface area contributed by atoms with Crippen molar-refractivity contribution in [1.29, 1.82) is 0 Å². The van der Waals surface area contributed by atoms with Gasteiger partial charge >= 0.3 is 0 Å². The number of hydrogen-bond donors (Lipinski definition) is 2. The number of fused-ring (bicyclic) bond motifs is 3. The second kappa shape index (κ2) is 7.94. The lowest BCUT2D eigenvalue weighted by Crippen LogP contribution is -2.32. The van der Waals surface area contributed by atoms with Gasteiger partial charge in [-0.05, 0) is 60.6 Å². The van der Waals surface area contributed by atoms with Crippen LogP contribution in [0.25, 0.3) is 10.9 Å². The number of benzene rings is 1. The van der Waals surface area contributed by atoms with E-state index in [1.54, 1.807) is 17.3 Å². The fraction of sp³-hybridized carbons (Fsp3) is 0.375. The van der Waals surface area contributed by atoms with Gasteiger partial charge in [0.25, 0.3) is 0 Å². The largest absolute Gasteiger partial charge is 0.358 e. The smallest absolute Gasteiger partial charge is 0.225 e. The molecule has 3 heterocycles. The summed E-state index contributed by atoms with van der Waals surface area (Å²) in [5.74, 6) is -0.314. The molecular weight excluding hydrogens is 376 g/mol. The van der Waals surface area contributed by atoms with Crippen molar-refractivity contribution in [2.45, 2.75) is 45.2 Å². The quantitative estimate of drug-likeness (QED) is 0.688. The summed E-state index contributed by atoms with van der Waals surface area (Å²) in [4.78, 5) is 34.4. The number of carbonyl (C=O) groups excluding carboxylic acids is 2. The Kier molecular flexibility index (Phi) is 4.99. The van der Waals surface area contributed by atoms with E-state index in [-0.39, 0.29) is 24.2 Å². The van der Waals surface area contributed by atoms with Crippen LogP contribution in [0.4, 0.5) is 0 Å². The van der Waals surface area contributed by atoms with Gasteiger partial charge in [0.15, 0.2) is 0 Å². The predicted octanol–water partition coefficient (Wildman–Crippen LogP) is 3.11. The van der Waals surface area contributed by atoms with Crippen molar-refractivity contribution in [3.05, 3.63) is 65.1 Å². The number of hydrogen-bond acceptors (Lipinski definition) is 3. The highest BCUT2D eigenvalue weighted by Crippen LogP contribution is 2.29. The van der Waals surface area contributed by atoms with Crippen molar-refractivity contribution < 1.29 is 9.59 Å². The van der Waals surface area contributed by atoms with Crippen LogP contribution in [-0.4, -0.2) is 33.2 Å². The average molecular weight is 402 g/mol. The SMILES string of the molecule is O=C(NCc1ccc2[nH]c3c(c2c1)CCCC3)[C@@H]1CC(=O)N(Cc2cccnc2)C1. The van der Waals surface area contributed by atoms with Gasteiger partial charge in [-0.25, -0.2) is 0 Å². The van der Waals surface area contributed by atoms with E-state index in [2.05, 4.69) is 33.5 Å². The average Bonchev–Trinajstić information content (AvgIpc) is 3.33. The van der Waals surface area contributed by atoms with Crippen molar-refractivity contribution in [3.8, 4) is 0 Å². The molecule has 0 unspecified atom stereocenters. The van der Waals surface area contributed by atoms with Gasteiger partial charge in [0.1, 0.15) is 0 Å². The molecule has 154 valence electrons. The molecule has 2 N–H and O–H groups in total. The molecule has 30 heavy (non-hydrogen) atoms. The van der Waals surface area contributed by atoms with Gasteiger partial charge in [0.05, 0.1) is 5.92 Å². The Balaban J connectivity index is 1.21. The van der Waals surface area contributed by atoms with Gasteiger partial charge in [0.2, 0.25) is 11.8 Å². The molecule has 0 bridgehead atoms. The van der Waals surface area contributed by atoms with Crippen LogP contribution >= 0.6 is 0 Å². The maximum atomic E-state index is 12.7. The second-order valence-corrected chi connectivity index (χ2v) is 8.42. The van der Waals surface area contributed by atoms with E-state index < -0.39 is 0 Å². The summed E-state index contributed by atoms with van der Waals surface area (Å²) < 4.78 is 0. The van der Waals surface area contributed by atoms with Crippen LogP contribution < -0.4 is 5.32 Å². The van der Waals surface area contributed by atoms with Crippen LogP contribution in [0.15, 0.2) is 42.7 Å². The normalized spacial score (nSPS) is 18.6. The molecule has 6 heteroatoms.